The lowest BCUT2D eigenvalue weighted by Gasteiger charge is -2.07. The molecule has 0 spiro atoms. The van der Waals surface area contributed by atoms with Crippen LogP contribution in [0.25, 0.3) is 0 Å². The van der Waals surface area contributed by atoms with Crippen LogP contribution in [0.5, 0.6) is 0 Å². The van der Waals surface area contributed by atoms with E-state index in [0.717, 1.165) is 15.9 Å². The lowest BCUT2D eigenvalue weighted by atomic mass is 10.1. The third-order valence-corrected chi connectivity index (χ3v) is 4.82. The van der Waals surface area contributed by atoms with E-state index in [0.29, 0.717) is 11.8 Å². The summed E-state index contributed by atoms with van der Waals surface area (Å²) in [6.45, 7) is 1.97. The average Bonchev–Trinajstić information content (AvgIpc) is 2.78. The predicted molar refractivity (Wildman–Crippen MR) is 69.6 cm³/mol. The van der Waals surface area contributed by atoms with E-state index in [-0.39, 0.29) is 11.8 Å². The largest absolute Gasteiger partial charge is 0.324 e. The fraction of sp³-hybridized carbons (Fsp3) is 0.538. The van der Waals surface area contributed by atoms with Gasteiger partial charge in [-0.05, 0) is 59.2 Å². The maximum absolute atomic E-state index is 12.0. The highest BCUT2D eigenvalue weighted by molar-refractivity contribution is 9.10. The Morgan fingerprint density at radius 3 is 2.82 bits per heavy atom. The molecule has 0 bridgehead atoms. The molecule has 2 atom stereocenters. The van der Waals surface area contributed by atoms with Crippen LogP contribution in [0, 0.1) is 24.7 Å². The van der Waals surface area contributed by atoms with E-state index in [4.69, 9.17) is 0 Å². The van der Waals surface area contributed by atoms with Gasteiger partial charge in [-0.1, -0.05) is 6.42 Å². The van der Waals surface area contributed by atoms with Gasteiger partial charge in [-0.15, -0.1) is 0 Å². The third-order valence-electron chi connectivity index (χ3n) is 3.99. The van der Waals surface area contributed by atoms with Gasteiger partial charge in [0, 0.05) is 5.92 Å². The molecule has 1 aromatic heterocycles. The second kappa shape index (κ2) is 4.09. The van der Waals surface area contributed by atoms with Crippen molar-refractivity contribution in [1.29, 1.82) is 0 Å². The molecule has 3 rings (SSSR count). The minimum Gasteiger partial charge on any atom is -0.324 e. The number of hydrogen-bond donors (Lipinski definition) is 1. The van der Waals surface area contributed by atoms with Crippen molar-refractivity contribution in [2.24, 2.45) is 17.8 Å². The molecule has 90 valence electrons. The van der Waals surface area contributed by atoms with Crippen molar-refractivity contribution in [2.75, 3.05) is 5.32 Å². The fourth-order valence-electron chi connectivity index (χ4n) is 3.06. The van der Waals surface area contributed by atoms with Crippen molar-refractivity contribution in [1.82, 2.24) is 4.98 Å². The van der Waals surface area contributed by atoms with Crippen LogP contribution in [-0.4, -0.2) is 10.9 Å². The van der Waals surface area contributed by atoms with Crippen LogP contribution in [0.4, 0.5) is 5.69 Å². The van der Waals surface area contributed by atoms with E-state index in [1.807, 2.05) is 13.0 Å². The molecule has 1 heterocycles. The highest BCUT2D eigenvalue weighted by atomic mass is 79.9. The number of aromatic nitrogens is 1. The summed E-state index contributed by atoms with van der Waals surface area (Å²) in [5.74, 6) is 1.79. The first-order valence-electron chi connectivity index (χ1n) is 6.10. The fourth-order valence-corrected chi connectivity index (χ4v) is 3.28. The SMILES string of the molecule is Cc1cc(NC(=O)C2C3CCCC32)cnc1Br. The zero-order chi connectivity index (χ0) is 12.0. The minimum atomic E-state index is 0.184. The Hall–Kier alpha value is -0.900. The average molecular weight is 295 g/mol. The van der Waals surface area contributed by atoms with Crippen molar-refractivity contribution in [3.05, 3.63) is 22.4 Å². The van der Waals surface area contributed by atoms with Gasteiger partial charge in [-0.3, -0.25) is 4.79 Å². The smallest absolute Gasteiger partial charge is 0.228 e. The Labute approximate surface area is 109 Å². The molecular weight excluding hydrogens is 280 g/mol. The van der Waals surface area contributed by atoms with Crippen molar-refractivity contribution in [3.8, 4) is 0 Å². The first kappa shape index (κ1) is 11.2. The highest BCUT2D eigenvalue weighted by Gasteiger charge is 2.56. The van der Waals surface area contributed by atoms with Crippen LogP contribution in [-0.2, 0) is 4.79 Å². The standard InChI is InChI=1S/C13H15BrN2O/c1-7-5-8(6-15-12(7)14)16-13(17)11-9-3-2-4-10(9)11/h5-6,9-11H,2-4H2,1H3,(H,16,17). The van der Waals surface area contributed by atoms with Gasteiger partial charge in [-0.25, -0.2) is 4.98 Å². The predicted octanol–water partition coefficient (Wildman–Crippen LogP) is 3.14. The maximum atomic E-state index is 12.0. The van der Waals surface area contributed by atoms with Crippen molar-refractivity contribution < 1.29 is 4.79 Å². The number of hydrogen-bond acceptors (Lipinski definition) is 2. The number of anilines is 1. The Morgan fingerprint density at radius 2 is 2.18 bits per heavy atom. The normalized spacial score (nSPS) is 29.9. The van der Waals surface area contributed by atoms with E-state index in [2.05, 4.69) is 26.2 Å². The molecule has 2 aliphatic rings. The van der Waals surface area contributed by atoms with Gasteiger partial charge in [0.2, 0.25) is 5.91 Å². The Bertz CT molecular complexity index is 464. The van der Waals surface area contributed by atoms with E-state index in [9.17, 15) is 4.79 Å². The van der Waals surface area contributed by atoms with Crippen LogP contribution < -0.4 is 5.32 Å². The van der Waals surface area contributed by atoms with Gasteiger partial charge in [-0.2, -0.15) is 0 Å². The van der Waals surface area contributed by atoms with Gasteiger partial charge in [0.1, 0.15) is 4.60 Å². The molecule has 3 nitrogen and oxygen atoms in total. The molecule has 0 radical (unpaired) electrons. The zero-order valence-electron chi connectivity index (χ0n) is 9.74. The number of halogens is 1. The third kappa shape index (κ3) is 1.99. The van der Waals surface area contributed by atoms with E-state index >= 15 is 0 Å². The molecule has 0 aliphatic heterocycles. The van der Waals surface area contributed by atoms with Gasteiger partial charge < -0.3 is 5.32 Å². The first-order chi connectivity index (χ1) is 8.16. The number of pyridine rings is 1. The van der Waals surface area contributed by atoms with Crippen LogP contribution in [0.3, 0.4) is 0 Å². The summed E-state index contributed by atoms with van der Waals surface area (Å²) in [6.07, 6.45) is 5.48. The van der Waals surface area contributed by atoms with Crippen LogP contribution in [0.2, 0.25) is 0 Å². The zero-order valence-corrected chi connectivity index (χ0v) is 11.3. The highest BCUT2D eigenvalue weighted by Crippen LogP contribution is 2.57. The van der Waals surface area contributed by atoms with Gasteiger partial charge in [0.05, 0.1) is 11.9 Å². The molecule has 17 heavy (non-hydrogen) atoms. The van der Waals surface area contributed by atoms with Crippen molar-refractivity contribution in [3.63, 3.8) is 0 Å². The Morgan fingerprint density at radius 1 is 1.47 bits per heavy atom. The summed E-state index contributed by atoms with van der Waals surface area (Å²) in [5.41, 5.74) is 1.85. The molecule has 1 amide bonds. The summed E-state index contributed by atoms with van der Waals surface area (Å²) in [4.78, 5) is 16.2. The van der Waals surface area contributed by atoms with Crippen molar-refractivity contribution in [2.45, 2.75) is 26.2 Å². The molecular formula is C13H15BrN2O. The minimum absolute atomic E-state index is 0.184. The van der Waals surface area contributed by atoms with Gasteiger partial charge in [0.15, 0.2) is 0 Å². The molecule has 2 unspecified atom stereocenters. The van der Waals surface area contributed by atoms with Gasteiger partial charge in [0.25, 0.3) is 0 Å². The van der Waals surface area contributed by atoms with E-state index < -0.39 is 0 Å². The number of carbonyl (C=O) groups excluding carboxylic acids is 1. The summed E-state index contributed by atoms with van der Waals surface area (Å²) < 4.78 is 0.832. The maximum Gasteiger partial charge on any atom is 0.228 e. The summed E-state index contributed by atoms with van der Waals surface area (Å²) >= 11 is 3.35. The number of aryl methyl sites for hydroxylation is 1. The van der Waals surface area contributed by atoms with E-state index in [1.54, 1.807) is 6.20 Å². The lowest BCUT2D eigenvalue weighted by molar-refractivity contribution is -0.118. The van der Waals surface area contributed by atoms with Crippen molar-refractivity contribution >= 4 is 27.5 Å². The van der Waals surface area contributed by atoms with Crippen LogP contribution in [0.1, 0.15) is 24.8 Å². The second-order valence-corrected chi connectivity index (χ2v) is 5.86. The van der Waals surface area contributed by atoms with Crippen LogP contribution in [0.15, 0.2) is 16.9 Å². The van der Waals surface area contributed by atoms with Crippen LogP contribution >= 0.6 is 15.9 Å². The molecule has 4 heteroatoms. The molecule has 2 aliphatic carbocycles. The topological polar surface area (TPSA) is 42.0 Å². The van der Waals surface area contributed by atoms with Gasteiger partial charge >= 0.3 is 0 Å². The monoisotopic (exact) mass is 294 g/mol. The number of carbonyl (C=O) groups is 1. The quantitative estimate of drug-likeness (QED) is 0.852. The Kier molecular flexibility index (Phi) is 2.69. The summed E-state index contributed by atoms with van der Waals surface area (Å²) in [5, 5.41) is 2.98. The molecule has 0 saturated heterocycles. The number of fused-ring (bicyclic) bond motifs is 1. The number of nitrogens with one attached hydrogen (secondary N) is 1. The second-order valence-electron chi connectivity index (χ2n) is 5.11. The van der Waals surface area contributed by atoms with E-state index in [1.165, 1.54) is 19.3 Å². The summed E-state index contributed by atoms with van der Waals surface area (Å²) in [6, 6.07) is 1.95. The lowest BCUT2D eigenvalue weighted by Crippen LogP contribution is -2.16. The number of rotatable bonds is 2. The molecule has 1 aromatic rings. The number of amides is 1. The molecule has 2 saturated carbocycles. The molecule has 1 N–H and O–H groups in total. The number of nitrogens with zero attached hydrogens (tertiary/aromatic N) is 1. The molecule has 0 aromatic carbocycles. The first-order valence-corrected chi connectivity index (χ1v) is 6.89. The Balaban J connectivity index is 1.67. The summed E-state index contributed by atoms with van der Waals surface area (Å²) in [7, 11) is 0. The molecule has 2 fully saturated rings.